The first-order chi connectivity index (χ1) is 14.7. The van der Waals surface area contributed by atoms with Gasteiger partial charge in [0.15, 0.2) is 5.78 Å². The van der Waals surface area contributed by atoms with Crippen molar-refractivity contribution >= 4 is 17.9 Å². The summed E-state index contributed by atoms with van der Waals surface area (Å²) in [5, 5.41) is 0. The van der Waals surface area contributed by atoms with Gasteiger partial charge in [-0.1, -0.05) is 48.5 Å². The molecule has 0 unspecified atom stereocenters. The first-order valence-electron chi connectivity index (χ1n) is 9.51. The molecule has 0 aliphatic rings. The van der Waals surface area contributed by atoms with Crippen LogP contribution in [0.15, 0.2) is 78.9 Å². The number of ether oxygens (including phenoxy) is 3. The van der Waals surface area contributed by atoms with E-state index in [0.717, 1.165) is 28.0 Å². The third kappa shape index (κ3) is 4.97. The molecule has 0 radical (unpaired) electrons. The number of carbonyl (C=O) groups excluding carboxylic acids is 1. The lowest BCUT2D eigenvalue weighted by Gasteiger charge is -2.09. The van der Waals surface area contributed by atoms with Crippen molar-refractivity contribution in [2.24, 2.45) is 0 Å². The normalized spacial score (nSPS) is 11.0. The van der Waals surface area contributed by atoms with E-state index < -0.39 is 0 Å². The minimum absolute atomic E-state index is 0.139. The van der Waals surface area contributed by atoms with Crippen molar-refractivity contribution < 1.29 is 19.0 Å². The van der Waals surface area contributed by atoms with Crippen molar-refractivity contribution in [3.63, 3.8) is 0 Å². The Labute approximate surface area is 177 Å². The molecule has 0 bridgehead atoms. The summed E-state index contributed by atoms with van der Waals surface area (Å²) < 4.78 is 16.2. The molecule has 0 amide bonds. The summed E-state index contributed by atoms with van der Waals surface area (Å²) in [5.41, 5.74) is 3.66. The third-order valence-electron chi connectivity index (χ3n) is 4.63. The largest absolute Gasteiger partial charge is 0.496 e. The smallest absolute Gasteiger partial charge is 0.178 e. The predicted molar refractivity (Wildman–Crippen MR) is 121 cm³/mol. The maximum Gasteiger partial charge on any atom is 0.178 e. The molecule has 0 aliphatic carbocycles. The molecule has 3 aromatic rings. The first-order valence-corrected chi connectivity index (χ1v) is 9.51. The SMILES string of the molecule is COc1ccc(/C=C/C(=O)/C=C/c2c(OC)cccc2OC)cc1-c1ccccc1. The molecule has 4 nitrogen and oxygen atoms in total. The third-order valence-corrected chi connectivity index (χ3v) is 4.63. The number of ketones is 1. The van der Waals surface area contributed by atoms with E-state index in [1.807, 2.05) is 66.7 Å². The fourth-order valence-electron chi connectivity index (χ4n) is 3.12. The van der Waals surface area contributed by atoms with E-state index >= 15 is 0 Å². The van der Waals surface area contributed by atoms with E-state index in [2.05, 4.69) is 0 Å². The second-order valence-electron chi connectivity index (χ2n) is 6.47. The summed E-state index contributed by atoms with van der Waals surface area (Å²) in [6.45, 7) is 0. The van der Waals surface area contributed by atoms with Crippen molar-refractivity contribution in [1.29, 1.82) is 0 Å². The van der Waals surface area contributed by atoms with E-state index in [4.69, 9.17) is 14.2 Å². The van der Waals surface area contributed by atoms with Gasteiger partial charge in [-0.05, 0) is 53.6 Å². The number of hydrogen-bond donors (Lipinski definition) is 0. The molecule has 0 aromatic heterocycles. The van der Waals surface area contributed by atoms with Gasteiger partial charge in [-0.2, -0.15) is 0 Å². The molecule has 0 fully saturated rings. The molecular weight excluding hydrogens is 376 g/mol. The van der Waals surface area contributed by atoms with Crippen LogP contribution in [-0.4, -0.2) is 27.1 Å². The number of rotatable bonds is 8. The molecule has 0 aliphatic heterocycles. The number of allylic oxidation sites excluding steroid dienone is 2. The van der Waals surface area contributed by atoms with Crippen molar-refractivity contribution in [1.82, 2.24) is 0 Å². The zero-order valence-electron chi connectivity index (χ0n) is 17.3. The zero-order chi connectivity index (χ0) is 21.3. The van der Waals surface area contributed by atoms with E-state index in [-0.39, 0.29) is 5.78 Å². The van der Waals surface area contributed by atoms with Crippen LogP contribution in [0.1, 0.15) is 11.1 Å². The fourth-order valence-corrected chi connectivity index (χ4v) is 3.12. The Kier molecular flexibility index (Phi) is 7.06. The lowest BCUT2D eigenvalue weighted by molar-refractivity contribution is -0.110. The monoisotopic (exact) mass is 400 g/mol. The minimum atomic E-state index is -0.139. The highest BCUT2D eigenvalue weighted by Crippen LogP contribution is 2.31. The highest BCUT2D eigenvalue weighted by molar-refractivity contribution is 6.04. The quantitative estimate of drug-likeness (QED) is 0.457. The summed E-state index contributed by atoms with van der Waals surface area (Å²) in [4.78, 5) is 12.4. The van der Waals surface area contributed by atoms with Gasteiger partial charge in [-0.3, -0.25) is 4.79 Å². The van der Waals surface area contributed by atoms with Crippen molar-refractivity contribution in [3.8, 4) is 28.4 Å². The molecule has 30 heavy (non-hydrogen) atoms. The Hall–Kier alpha value is -3.79. The number of benzene rings is 3. The van der Waals surface area contributed by atoms with Crippen LogP contribution in [0.2, 0.25) is 0 Å². The van der Waals surface area contributed by atoms with Gasteiger partial charge in [0, 0.05) is 5.56 Å². The molecular formula is C26H24O4. The Morgan fingerprint density at radius 1 is 0.700 bits per heavy atom. The fraction of sp³-hybridized carbons (Fsp3) is 0.115. The molecule has 152 valence electrons. The van der Waals surface area contributed by atoms with Crippen molar-refractivity contribution in [3.05, 3.63) is 90.0 Å². The number of methoxy groups -OCH3 is 3. The molecule has 0 atom stereocenters. The summed E-state index contributed by atoms with van der Waals surface area (Å²) in [7, 11) is 4.82. The van der Waals surface area contributed by atoms with Crippen LogP contribution in [-0.2, 0) is 4.79 Å². The lowest BCUT2D eigenvalue weighted by Crippen LogP contribution is -1.93. The summed E-state index contributed by atoms with van der Waals surface area (Å²) in [6, 6.07) is 21.3. The molecule has 3 aromatic carbocycles. The minimum Gasteiger partial charge on any atom is -0.496 e. The van der Waals surface area contributed by atoms with Crippen LogP contribution in [0, 0.1) is 0 Å². The highest BCUT2D eigenvalue weighted by atomic mass is 16.5. The van der Waals surface area contributed by atoms with Crippen LogP contribution >= 0.6 is 0 Å². The average molecular weight is 400 g/mol. The number of hydrogen-bond acceptors (Lipinski definition) is 4. The molecule has 3 rings (SSSR count). The second kappa shape index (κ2) is 10.1. The van der Waals surface area contributed by atoms with Crippen LogP contribution in [0.25, 0.3) is 23.3 Å². The van der Waals surface area contributed by atoms with E-state index in [1.54, 1.807) is 33.5 Å². The first kappa shape index (κ1) is 20.9. The topological polar surface area (TPSA) is 44.8 Å². The Morgan fingerprint density at radius 3 is 1.97 bits per heavy atom. The van der Waals surface area contributed by atoms with Crippen LogP contribution in [0.3, 0.4) is 0 Å². The van der Waals surface area contributed by atoms with Gasteiger partial charge in [0.2, 0.25) is 0 Å². The maximum absolute atomic E-state index is 12.4. The molecule has 0 heterocycles. The molecule has 0 spiro atoms. The standard InChI is InChI=1S/C26H24O4/c1-28-24-10-7-11-25(29-2)22(24)16-15-21(27)14-12-19-13-17-26(30-3)23(18-19)20-8-5-4-6-9-20/h4-18H,1-3H3/b14-12+,16-15+. The molecule has 0 N–H and O–H groups in total. The zero-order valence-corrected chi connectivity index (χ0v) is 17.3. The van der Waals surface area contributed by atoms with Gasteiger partial charge in [-0.25, -0.2) is 0 Å². The summed E-state index contributed by atoms with van der Waals surface area (Å²) in [5.74, 6) is 1.93. The van der Waals surface area contributed by atoms with Crippen LogP contribution < -0.4 is 14.2 Å². The van der Waals surface area contributed by atoms with Gasteiger partial charge in [0.1, 0.15) is 17.2 Å². The van der Waals surface area contributed by atoms with Crippen LogP contribution in [0.5, 0.6) is 17.2 Å². The van der Waals surface area contributed by atoms with E-state index in [0.29, 0.717) is 11.5 Å². The average Bonchev–Trinajstić information content (AvgIpc) is 2.81. The van der Waals surface area contributed by atoms with Gasteiger partial charge in [-0.15, -0.1) is 0 Å². The van der Waals surface area contributed by atoms with E-state index in [1.165, 1.54) is 12.2 Å². The molecule has 4 heteroatoms. The van der Waals surface area contributed by atoms with Crippen molar-refractivity contribution in [2.45, 2.75) is 0 Å². The van der Waals surface area contributed by atoms with Gasteiger partial charge in [0.05, 0.1) is 26.9 Å². The summed E-state index contributed by atoms with van der Waals surface area (Å²) >= 11 is 0. The maximum atomic E-state index is 12.4. The highest BCUT2D eigenvalue weighted by Gasteiger charge is 2.07. The predicted octanol–water partition coefficient (Wildman–Crippen LogP) is 5.68. The number of carbonyl (C=O) groups is 1. The van der Waals surface area contributed by atoms with Crippen LogP contribution in [0.4, 0.5) is 0 Å². The Balaban J connectivity index is 1.81. The van der Waals surface area contributed by atoms with Gasteiger partial charge < -0.3 is 14.2 Å². The van der Waals surface area contributed by atoms with Crippen molar-refractivity contribution in [2.75, 3.05) is 21.3 Å². The second-order valence-corrected chi connectivity index (χ2v) is 6.47. The van der Waals surface area contributed by atoms with E-state index in [9.17, 15) is 4.79 Å². The Bertz CT molecular complexity index is 1040. The molecule has 0 saturated carbocycles. The molecule has 0 saturated heterocycles. The Morgan fingerprint density at radius 2 is 1.33 bits per heavy atom. The van der Waals surface area contributed by atoms with Gasteiger partial charge in [0.25, 0.3) is 0 Å². The van der Waals surface area contributed by atoms with Gasteiger partial charge >= 0.3 is 0 Å². The lowest BCUT2D eigenvalue weighted by atomic mass is 10.0. The summed E-state index contributed by atoms with van der Waals surface area (Å²) in [6.07, 6.45) is 6.53.